The Hall–Kier alpha value is -0.850. The second-order valence-electron chi connectivity index (χ2n) is 3.65. The molecular formula is C12H18O. The van der Waals surface area contributed by atoms with Crippen LogP contribution in [0, 0.1) is 5.92 Å². The van der Waals surface area contributed by atoms with E-state index in [1.807, 2.05) is 0 Å². The van der Waals surface area contributed by atoms with Gasteiger partial charge in [-0.05, 0) is 25.7 Å². The highest BCUT2D eigenvalue weighted by molar-refractivity contribution is 5.54. The van der Waals surface area contributed by atoms with Gasteiger partial charge >= 0.3 is 0 Å². The van der Waals surface area contributed by atoms with Crippen LogP contribution in [0.15, 0.2) is 23.8 Å². The highest BCUT2D eigenvalue weighted by Crippen LogP contribution is 2.19. The van der Waals surface area contributed by atoms with Crippen molar-refractivity contribution in [2.45, 2.75) is 39.0 Å². The lowest BCUT2D eigenvalue weighted by molar-refractivity contribution is -0.111. The minimum Gasteiger partial charge on any atom is -0.303 e. The van der Waals surface area contributed by atoms with Crippen molar-refractivity contribution in [2.75, 3.05) is 0 Å². The van der Waals surface area contributed by atoms with Crippen LogP contribution in [0.3, 0.4) is 0 Å². The van der Waals surface area contributed by atoms with Crippen LogP contribution in [0.25, 0.3) is 0 Å². The number of carbonyl (C=O) groups excluding carboxylic acids is 1. The van der Waals surface area contributed by atoms with Crippen molar-refractivity contribution in [1.29, 1.82) is 0 Å². The van der Waals surface area contributed by atoms with Crippen molar-refractivity contribution in [3.63, 3.8) is 0 Å². The average molecular weight is 178 g/mol. The second-order valence-corrected chi connectivity index (χ2v) is 3.65. The predicted octanol–water partition coefficient (Wildman–Crippen LogP) is 3.27. The molecule has 1 unspecified atom stereocenters. The summed E-state index contributed by atoms with van der Waals surface area (Å²) in [6.45, 7) is 2.13. The normalized spacial score (nSPS) is 18.1. The van der Waals surface area contributed by atoms with Crippen LogP contribution in [0.2, 0.25) is 0 Å². The zero-order valence-electron chi connectivity index (χ0n) is 8.33. The quantitative estimate of drug-likeness (QED) is 0.590. The maximum absolute atomic E-state index is 10.7. The summed E-state index contributed by atoms with van der Waals surface area (Å²) in [7, 11) is 0. The minimum absolute atomic E-state index is 0.235. The summed E-state index contributed by atoms with van der Waals surface area (Å²) in [5, 5.41) is 0. The zero-order valence-corrected chi connectivity index (χ0v) is 8.33. The second kappa shape index (κ2) is 5.74. The fourth-order valence-electron chi connectivity index (χ4n) is 1.71. The molecule has 0 saturated heterocycles. The molecule has 0 heterocycles. The van der Waals surface area contributed by atoms with E-state index in [2.05, 4.69) is 25.2 Å². The monoisotopic (exact) mass is 178 g/mol. The van der Waals surface area contributed by atoms with Crippen molar-refractivity contribution in [3.8, 4) is 0 Å². The Bertz CT molecular complexity index is 213. The molecule has 0 spiro atoms. The lowest BCUT2D eigenvalue weighted by atomic mass is 9.93. The number of hydrogen-bond acceptors (Lipinski definition) is 1. The van der Waals surface area contributed by atoms with E-state index in [1.54, 1.807) is 0 Å². The predicted molar refractivity (Wildman–Crippen MR) is 55.5 cm³/mol. The zero-order chi connectivity index (χ0) is 9.52. The van der Waals surface area contributed by atoms with Gasteiger partial charge in [-0.1, -0.05) is 37.1 Å². The molecule has 1 nitrogen and oxygen atoms in total. The van der Waals surface area contributed by atoms with Crippen LogP contribution in [-0.2, 0) is 4.79 Å². The van der Waals surface area contributed by atoms with Gasteiger partial charge in [-0.25, -0.2) is 0 Å². The number of hydrogen-bond donors (Lipinski definition) is 0. The van der Waals surface area contributed by atoms with Crippen molar-refractivity contribution in [1.82, 2.24) is 0 Å². The molecule has 0 aromatic rings. The maximum Gasteiger partial charge on any atom is 0.123 e. The molecule has 0 amide bonds. The number of carbonyl (C=O) groups is 1. The molecular weight excluding hydrogens is 160 g/mol. The third kappa shape index (κ3) is 3.58. The fraction of sp³-hybridized carbons (Fsp3) is 0.583. The van der Waals surface area contributed by atoms with Gasteiger partial charge in [0.1, 0.15) is 6.29 Å². The molecule has 13 heavy (non-hydrogen) atoms. The van der Waals surface area contributed by atoms with Crippen molar-refractivity contribution >= 4 is 6.29 Å². The van der Waals surface area contributed by atoms with Gasteiger partial charge in [-0.2, -0.15) is 0 Å². The molecule has 0 aromatic carbocycles. The molecule has 1 atom stereocenters. The highest BCUT2D eigenvalue weighted by atomic mass is 16.1. The fourth-order valence-corrected chi connectivity index (χ4v) is 1.71. The molecule has 0 bridgehead atoms. The van der Waals surface area contributed by atoms with Crippen LogP contribution in [0.1, 0.15) is 39.0 Å². The van der Waals surface area contributed by atoms with Crippen LogP contribution in [0.5, 0.6) is 0 Å². The molecule has 0 N–H and O–H groups in total. The minimum atomic E-state index is 0.235. The first-order valence-electron chi connectivity index (χ1n) is 5.17. The van der Waals surface area contributed by atoms with Gasteiger partial charge < -0.3 is 4.79 Å². The van der Waals surface area contributed by atoms with E-state index < -0.39 is 0 Å². The largest absolute Gasteiger partial charge is 0.303 e. The summed E-state index contributed by atoms with van der Waals surface area (Å²) in [6, 6.07) is 0. The van der Waals surface area contributed by atoms with E-state index in [1.165, 1.54) is 5.57 Å². The summed E-state index contributed by atoms with van der Waals surface area (Å²) >= 11 is 0. The van der Waals surface area contributed by atoms with E-state index >= 15 is 0 Å². The third-order valence-electron chi connectivity index (χ3n) is 2.42. The van der Waals surface area contributed by atoms with E-state index in [0.29, 0.717) is 0 Å². The summed E-state index contributed by atoms with van der Waals surface area (Å²) in [5.41, 5.74) is 1.34. The topological polar surface area (TPSA) is 17.1 Å². The van der Waals surface area contributed by atoms with Gasteiger partial charge in [0.25, 0.3) is 0 Å². The number of rotatable bonds is 5. The van der Waals surface area contributed by atoms with E-state index in [9.17, 15) is 4.79 Å². The Balaban J connectivity index is 2.40. The standard InChI is InChI=1S/C12H18O/c1-2-6-12(10-13)9-11-7-4-3-5-8-11/h4,7-8,10,12H,2-3,5-6,9H2,1H3. The highest BCUT2D eigenvalue weighted by Gasteiger charge is 2.08. The third-order valence-corrected chi connectivity index (χ3v) is 2.42. The van der Waals surface area contributed by atoms with E-state index in [-0.39, 0.29) is 5.92 Å². The Kier molecular flexibility index (Phi) is 4.52. The van der Waals surface area contributed by atoms with Crippen molar-refractivity contribution < 1.29 is 4.79 Å². The number of aldehydes is 1. The summed E-state index contributed by atoms with van der Waals surface area (Å²) in [4.78, 5) is 10.7. The Morgan fingerprint density at radius 1 is 1.54 bits per heavy atom. The van der Waals surface area contributed by atoms with Crippen LogP contribution < -0.4 is 0 Å². The first kappa shape index (κ1) is 10.2. The molecule has 0 radical (unpaired) electrons. The first-order chi connectivity index (χ1) is 6.36. The maximum atomic E-state index is 10.7. The van der Waals surface area contributed by atoms with Gasteiger partial charge in [-0.3, -0.25) is 0 Å². The van der Waals surface area contributed by atoms with Crippen LogP contribution in [0.4, 0.5) is 0 Å². The van der Waals surface area contributed by atoms with Crippen LogP contribution >= 0.6 is 0 Å². The molecule has 1 aliphatic rings. The summed E-state index contributed by atoms with van der Waals surface area (Å²) in [6.07, 6.45) is 13.1. The molecule has 0 saturated carbocycles. The SMILES string of the molecule is CCCC(C=O)CC1=CCCC=C1. The molecule has 0 aliphatic heterocycles. The average Bonchev–Trinajstić information content (AvgIpc) is 2.19. The van der Waals surface area contributed by atoms with Gasteiger partial charge in [-0.15, -0.1) is 0 Å². The molecule has 0 aromatic heterocycles. The van der Waals surface area contributed by atoms with Gasteiger partial charge in [0.2, 0.25) is 0 Å². The number of allylic oxidation sites excluding steroid dienone is 4. The van der Waals surface area contributed by atoms with Crippen LogP contribution in [-0.4, -0.2) is 6.29 Å². The molecule has 1 rings (SSSR count). The van der Waals surface area contributed by atoms with Gasteiger partial charge in [0.15, 0.2) is 0 Å². The van der Waals surface area contributed by atoms with E-state index in [4.69, 9.17) is 0 Å². The molecule has 1 aliphatic carbocycles. The Labute approximate surface area is 80.5 Å². The van der Waals surface area contributed by atoms with Gasteiger partial charge in [0, 0.05) is 5.92 Å². The van der Waals surface area contributed by atoms with Crippen molar-refractivity contribution in [3.05, 3.63) is 23.8 Å². The lowest BCUT2D eigenvalue weighted by Gasteiger charge is -2.11. The summed E-state index contributed by atoms with van der Waals surface area (Å²) in [5.74, 6) is 0.235. The lowest BCUT2D eigenvalue weighted by Crippen LogP contribution is -2.03. The Morgan fingerprint density at radius 3 is 2.92 bits per heavy atom. The van der Waals surface area contributed by atoms with Gasteiger partial charge in [0.05, 0.1) is 0 Å². The van der Waals surface area contributed by atoms with E-state index in [0.717, 1.165) is 38.4 Å². The molecule has 72 valence electrons. The molecule has 1 heteroatoms. The first-order valence-corrected chi connectivity index (χ1v) is 5.17. The van der Waals surface area contributed by atoms with Crippen molar-refractivity contribution in [2.24, 2.45) is 5.92 Å². The Morgan fingerprint density at radius 2 is 2.38 bits per heavy atom. The summed E-state index contributed by atoms with van der Waals surface area (Å²) < 4.78 is 0. The smallest absolute Gasteiger partial charge is 0.123 e. The molecule has 0 fully saturated rings.